The van der Waals surface area contributed by atoms with Gasteiger partial charge in [-0.25, -0.2) is 0 Å². The summed E-state index contributed by atoms with van der Waals surface area (Å²) in [5, 5.41) is 11.0. The van der Waals surface area contributed by atoms with Crippen LogP contribution in [0.15, 0.2) is 4.42 Å². The Kier molecular flexibility index (Phi) is 4.71. The molecule has 1 N–H and O–H groups in total. The van der Waals surface area contributed by atoms with Gasteiger partial charge in [0, 0.05) is 6.04 Å². The van der Waals surface area contributed by atoms with Crippen LogP contribution in [0.5, 0.6) is 0 Å². The van der Waals surface area contributed by atoms with Crippen LogP contribution in [0.25, 0.3) is 0 Å². The van der Waals surface area contributed by atoms with Crippen LogP contribution in [0, 0.1) is 0 Å². The summed E-state index contributed by atoms with van der Waals surface area (Å²) >= 11 is 0. The Morgan fingerprint density at radius 3 is 2.47 bits per heavy atom. The summed E-state index contributed by atoms with van der Waals surface area (Å²) in [5.74, 6) is 1.13. The number of rotatable bonds is 6. The van der Waals surface area contributed by atoms with E-state index in [4.69, 9.17) is 9.15 Å². The second-order valence-electron chi connectivity index (χ2n) is 3.98. The summed E-state index contributed by atoms with van der Waals surface area (Å²) < 4.78 is 10.7. The van der Waals surface area contributed by atoms with E-state index in [1.165, 1.54) is 0 Å². The van der Waals surface area contributed by atoms with E-state index in [1.807, 2.05) is 13.8 Å². The van der Waals surface area contributed by atoms with Crippen molar-refractivity contribution in [2.45, 2.75) is 53.0 Å². The molecule has 0 atom stereocenters. The molecule has 0 aliphatic heterocycles. The van der Waals surface area contributed by atoms with E-state index in [9.17, 15) is 0 Å². The van der Waals surface area contributed by atoms with Crippen molar-refractivity contribution in [3.63, 3.8) is 0 Å². The Labute approximate surface area is 90.2 Å². The van der Waals surface area contributed by atoms with Crippen molar-refractivity contribution in [2.75, 3.05) is 0 Å². The second kappa shape index (κ2) is 5.82. The second-order valence-corrected chi connectivity index (χ2v) is 3.98. The van der Waals surface area contributed by atoms with E-state index >= 15 is 0 Å². The molecule has 1 heterocycles. The lowest BCUT2D eigenvalue weighted by molar-refractivity contribution is 0.0510. The lowest BCUT2D eigenvalue weighted by atomic mass is 10.4. The molecule has 0 saturated heterocycles. The van der Waals surface area contributed by atoms with E-state index in [-0.39, 0.29) is 6.10 Å². The van der Waals surface area contributed by atoms with Gasteiger partial charge in [0.1, 0.15) is 6.61 Å². The number of ether oxygens (including phenoxy) is 1. The third kappa shape index (κ3) is 4.90. The molecule has 1 aromatic rings. The first kappa shape index (κ1) is 12.1. The predicted octanol–water partition coefficient (Wildman–Crippen LogP) is 1.49. The first-order valence-electron chi connectivity index (χ1n) is 5.24. The van der Waals surface area contributed by atoms with Crippen LogP contribution in [0.4, 0.5) is 0 Å². The molecule has 0 radical (unpaired) electrons. The molecule has 0 aliphatic rings. The van der Waals surface area contributed by atoms with Gasteiger partial charge in [0.2, 0.25) is 11.8 Å². The molecule has 5 heteroatoms. The van der Waals surface area contributed by atoms with Crippen LogP contribution in [0.2, 0.25) is 0 Å². The van der Waals surface area contributed by atoms with Crippen molar-refractivity contribution in [1.29, 1.82) is 0 Å². The highest BCUT2D eigenvalue weighted by molar-refractivity contribution is 4.80. The Bertz CT molecular complexity index is 257. The van der Waals surface area contributed by atoms with Gasteiger partial charge in [0.15, 0.2) is 0 Å². The van der Waals surface area contributed by atoms with Crippen LogP contribution in [0.3, 0.4) is 0 Å². The van der Waals surface area contributed by atoms with E-state index < -0.39 is 0 Å². The SMILES string of the molecule is CC(C)NCc1nnc(COC(C)C)o1. The normalized spacial score (nSPS) is 11.6. The lowest BCUT2D eigenvalue weighted by Crippen LogP contribution is -2.21. The Hall–Kier alpha value is -0.940. The summed E-state index contributed by atoms with van der Waals surface area (Å²) in [5.41, 5.74) is 0. The van der Waals surface area contributed by atoms with Gasteiger partial charge in [-0.2, -0.15) is 0 Å². The van der Waals surface area contributed by atoms with Crippen LogP contribution < -0.4 is 5.32 Å². The monoisotopic (exact) mass is 213 g/mol. The molecule has 0 spiro atoms. The fraction of sp³-hybridized carbons (Fsp3) is 0.800. The maximum atomic E-state index is 5.37. The van der Waals surface area contributed by atoms with Gasteiger partial charge in [-0.15, -0.1) is 10.2 Å². The van der Waals surface area contributed by atoms with Crippen LogP contribution in [-0.4, -0.2) is 22.3 Å². The molecule has 1 rings (SSSR count). The first-order chi connectivity index (χ1) is 7.08. The van der Waals surface area contributed by atoms with Gasteiger partial charge in [-0.1, -0.05) is 13.8 Å². The number of hydrogen-bond donors (Lipinski definition) is 1. The molecular formula is C10H19N3O2. The Balaban J connectivity index is 2.35. The first-order valence-corrected chi connectivity index (χ1v) is 5.24. The minimum Gasteiger partial charge on any atom is -0.421 e. The zero-order valence-electron chi connectivity index (χ0n) is 9.78. The summed E-state index contributed by atoms with van der Waals surface area (Å²) in [6.45, 7) is 9.06. The van der Waals surface area contributed by atoms with Gasteiger partial charge in [-0.3, -0.25) is 0 Å². The highest BCUT2D eigenvalue weighted by Crippen LogP contribution is 2.03. The highest BCUT2D eigenvalue weighted by atomic mass is 16.5. The topological polar surface area (TPSA) is 60.2 Å². The van der Waals surface area contributed by atoms with Crippen molar-refractivity contribution in [1.82, 2.24) is 15.5 Å². The number of nitrogens with zero attached hydrogens (tertiary/aromatic N) is 2. The summed E-state index contributed by atoms with van der Waals surface area (Å²) in [4.78, 5) is 0. The third-order valence-corrected chi connectivity index (χ3v) is 1.71. The molecule has 0 saturated carbocycles. The number of hydrogen-bond acceptors (Lipinski definition) is 5. The fourth-order valence-corrected chi connectivity index (χ4v) is 0.948. The average molecular weight is 213 g/mol. The van der Waals surface area contributed by atoms with Crippen molar-refractivity contribution < 1.29 is 9.15 Å². The summed E-state index contributed by atoms with van der Waals surface area (Å²) in [6, 6.07) is 0.410. The predicted molar refractivity (Wildman–Crippen MR) is 56.2 cm³/mol. The van der Waals surface area contributed by atoms with Gasteiger partial charge in [-0.05, 0) is 13.8 Å². The zero-order chi connectivity index (χ0) is 11.3. The molecule has 5 nitrogen and oxygen atoms in total. The van der Waals surface area contributed by atoms with Crippen molar-refractivity contribution in [3.8, 4) is 0 Å². The van der Waals surface area contributed by atoms with Gasteiger partial charge in [0.25, 0.3) is 0 Å². The molecule has 0 fully saturated rings. The lowest BCUT2D eigenvalue weighted by Gasteiger charge is -2.04. The van der Waals surface area contributed by atoms with E-state index in [1.54, 1.807) is 0 Å². The Morgan fingerprint density at radius 1 is 1.20 bits per heavy atom. The Morgan fingerprint density at radius 2 is 1.87 bits per heavy atom. The number of nitrogens with one attached hydrogen (secondary N) is 1. The molecule has 0 aliphatic carbocycles. The van der Waals surface area contributed by atoms with Crippen molar-refractivity contribution in [3.05, 3.63) is 11.8 Å². The van der Waals surface area contributed by atoms with Crippen LogP contribution in [0.1, 0.15) is 39.5 Å². The van der Waals surface area contributed by atoms with Gasteiger partial charge >= 0.3 is 0 Å². The maximum absolute atomic E-state index is 5.37. The average Bonchev–Trinajstić information content (AvgIpc) is 2.59. The van der Waals surface area contributed by atoms with E-state index in [0.29, 0.717) is 31.0 Å². The quantitative estimate of drug-likeness (QED) is 0.775. The fourth-order valence-electron chi connectivity index (χ4n) is 0.948. The van der Waals surface area contributed by atoms with Crippen molar-refractivity contribution in [2.24, 2.45) is 0 Å². The van der Waals surface area contributed by atoms with E-state index in [0.717, 1.165) is 0 Å². The minimum absolute atomic E-state index is 0.175. The third-order valence-electron chi connectivity index (χ3n) is 1.71. The molecule has 86 valence electrons. The molecule has 15 heavy (non-hydrogen) atoms. The highest BCUT2D eigenvalue weighted by Gasteiger charge is 2.06. The van der Waals surface area contributed by atoms with Crippen molar-refractivity contribution >= 4 is 0 Å². The molecule has 0 unspecified atom stereocenters. The molecule has 0 amide bonds. The standard InChI is InChI=1S/C10H19N3O2/c1-7(2)11-5-9-12-13-10(15-9)6-14-8(3)4/h7-8,11H,5-6H2,1-4H3. The number of aromatic nitrogens is 2. The molecular weight excluding hydrogens is 194 g/mol. The zero-order valence-corrected chi connectivity index (χ0v) is 9.78. The van der Waals surface area contributed by atoms with E-state index in [2.05, 4.69) is 29.4 Å². The largest absolute Gasteiger partial charge is 0.421 e. The molecule has 1 aromatic heterocycles. The summed E-state index contributed by atoms with van der Waals surface area (Å²) in [7, 11) is 0. The smallest absolute Gasteiger partial charge is 0.242 e. The summed E-state index contributed by atoms with van der Waals surface area (Å²) in [6.07, 6.45) is 0.175. The molecule has 0 bridgehead atoms. The van der Waals surface area contributed by atoms with Crippen LogP contribution >= 0.6 is 0 Å². The maximum Gasteiger partial charge on any atom is 0.242 e. The van der Waals surface area contributed by atoms with Crippen LogP contribution in [-0.2, 0) is 17.9 Å². The van der Waals surface area contributed by atoms with Gasteiger partial charge < -0.3 is 14.5 Å². The minimum atomic E-state index is 0.175. The van der Waals surface area contributed by atoms with Gasteiger partial charge in [0.05, 0.1) is 12.6 Å². The molecule has 0 aromatic carbocycles.